The van der Waals surface area contributed by atoms with Gasteiger partial charge in [-0.05, 0) is 55.8 Å². The Bertz CT molecular complexity index is 318. The van der Waals surface area contributed by atoms with Gasteiger partial charge in [-0.15, -0.1) is 0 Å². The van der Waals surface area contributed by atoms with Crippen LogP contribution in [-0.2, 0) is 0 Å². The number of hydrogen-bond donors (Lipinski definition) is 1. The largest absolute Gasteiger partial charge is 0.478 e. The molecule has 0 spiro atoms. The van der Waals surface area contributed by atoms with Crippen molar-refractivity contribution in [2.75, 3.05) is 0 Å². The van der Waals surface area contributed by atoms with E-state index in [1.54, 1.807) is 12.1 Å². The molecule has 0 aliphatic heterocycles. The summed E-state index contributed by atoms with van der Waals surface area (Å²) >= 11 is 3.13. The van der Waals surface area contributed by atoms with Crippen LogP contribution < -0.4 is 0 Å². The summed E-state index contributed by atoms with van der Waals surface area (Å²) in [5.74, 6) is -0.963. The molecule has 0 fully saturated rings. The van der Waals surface area contributed by atoms with Gasteiger partial charge in [-0.25, -0.2) is 4.79 Å². The number of aromatic carboxylic acids is 1. The Kier molecular flexibility index (Phi) is 7.05. The minimum Gasteiger partial charge on any atom is -0.478 e. The summed E-state index contributed by atoms with van der Waals surface area (Å²) in [6, 6.07) is 4.92. The minimum absolute atomic E-state index is 0.223. The normalized spacial score (nSPS) is 8.86. The van der Waals surface area contributed by atoms with Crippen molar-refractivity contribution < 1.29 is 9.90 Å². The molecule has 5 heteroatoms. The molecular weight excluding hydrogens is 288 g/mol. The number of carboxylic acid groups (broad SMARTS) is 1. The quantitative estimate of drug-likeness (QED) is 0.878. The smallest absolute Gasteiger partial charge is 0.336 e. The molecule has 0 bridgehead atoms. The zero-order valence-corrected chi connectivity index (χ0v) is 10.9. The Morgan fingerprint density at radius 3 is 2.50 bits per heavy atom. The van der Waals surface area contributed by atoms with Gasteiger partial charge in [0.15, 0.2) is 0 Å². The predicted octanol–water partition coefficient (Wildman–Crippen LogP) is 4.42. The second-order valence-corrected chi connectivity index (χ2v) is 3.97. The summed E-state index contributed by atoms with van der Waals surface area (Å²) in [5, 5.41) is 8.70. The van der Waals surface area contributed by atoms with Gasteiger partial charge in [0.1, 0.15) is 0 Å². The Balaban J connectivity index is 0.000000791. The molecule has 0 heterocycles. The van der Waals surface area contributed by atoms with Crippen LogP contribution >= 0.6 is 37.6 Å². The highest BCUT2D eigenvalue weighted by Gasteiger charge is 2.08. The molecule has 0 amide bonds. The lowest BCUT2D eigenvalue weighted by Crippen LogP contribution is -1.97. The summed E-state index contributed by atoms with van der Waals surface area (Å²) in [5.41, 5.74) is 0.223. The number of carbonyl (C=O) groups is 1. The van der Waals surface area contributed by atoms with Crippen molar-refractivity contribution in [3.8, 4) is 0 Å². The van der Waals surface area contributed by atoms with Crippen LogP contribution in [0.3, 0.4) is 0 Å². The molecule has 1 aromatic carbocycles. The molecular formula is C9H10BrClO2S. The van der Waals surface area contributed by atoms with Crippen molar-refractivity contribution in [1.82, 2.24) is 0 Å². The summed E-state index contributed by atoms with van der Waals surface area (Å²) in [6.45, 7) is 4.00. The summed E-state index contributed by atoms with van der Waals surface area (Å²) in [6.07, 6.45) is 0. The third-order valence-corrected chi connectivity index (χ3v) is 2.92. The first-order valence-electron chi connectivity index (χ1n) is 3.96. The standard InChI is InChI=1S/C7H4BrClO2S.C2H6/c8-6-2-1-4(12-9)3-5(6)7(10)11;1-2/h1-3H,(H,10,11);1-2H3. The van der Waals surface area contributed by atoms with Gasteiger partial charge in [0.05, 0.1) is 5.56 Å². The van der Waals surface area contributed by atoms with Crippen molar-refractivity contribution >= 4 is 43.6 Å². The lowest BCUT2D eigenvalue weighted by molar-refractivity contribution is 0.0695. The molecule has 0 unspecified atom stereocenters. The van der Waals surface area contributed by atoms with Gasteiger partial charge < -0.3 is 5.11 Å². The SMILES string of the molecule is CC.O=C(O)c1cc(SCl)ccc1Br. The van der Waals surface area contributed by atoms with E-state index in [0.717, 1.165) is 15.9 Å². The second-order valence-electron chi connectivity index (χ2n) is 2.02. The van der Waals surface area contributed by atoms with E-state index in [2.05, 4.69) is 15.9 Å². The molecule has 2 nitrogen and oxygen atoms in total. The highest BCUT2D eigenvalue weighted by molar-refractivity contribution is 9.10. The molecule has 0 aliphatic rings. The topological polar surface area (TPSA) is 37.3 Å². The van der Waals surface area contributed by atoms with Crippen LogP contribution in [0.1, 0.15) is 24.2 Å². The van der Waals surface area contributed by atoms with Crippen LogP contribution in [0.4, 0.5) is 0 Å². The highest BCUT2D eigenvalue weighted by Crippen LogP contribution is 2.26. The first-order valence-corrected chi connectivity index (χ1v) is 6.40. The third-order valence-electron chi connectivity index (χ3n) is 1.26. The summed E-state index contributed by atoms with van der Waals surface area (Å²) < 4.78 is 0.560. The Morgan fingerprint density at radius 1 is 1.50 bits per heavy atom. The fourth-order valence-corrected chi connectivity index (χ4v) is 1.70. The van der Waals surface area contributed by atoms with Crippen LogP contribution in [-0.4, -0.2) is 11.1 Å². The predicted molar refractivity (Wildman–Crippen MR) is 64.2 cm³/mol. The van der Waals surface area contributed by atoms with Gasteiger partial charge in [-0.1, -0.05) is 13.8 Å². The van der Waals surface area contributed by atoms with E-state index in [1.807, 2.05) is 13.8 Å². The van der Waals surface area contributed by atoms with Gasteiger partial charge >= 0.3 is 5.97 Å². The Hall–Kier alpha value is -0.190. The zero-order valence-electron chi connectivity index (χ0n) is 7.75. The van der Waals surface area contributed by atoms with E-state index in [9.17, 15) is 4.79 Å². The monoisotopic (exact) mass is 296 g/mol. The summed E-state index contributed by atoms with van der Waals surface area (Å²) in [4.78, 5) is 11.3. The van der Waals surface area contributed by atoms with Crippen molar-refractivity contribution in [3.63, 3.8) is 0 Å². The second kappa shape index (κ2) is 7.15. The highest BCUT2D eigenvalue weighted by atomic mass is 79.9. The van der Waals surface area contributed by atoms with Crippen LogP contribution in [0.15, 0.2) is 27.6 Å². The van der Waals surface area contributed by atoms with E-state index in [1.165, 1.54) is 6.07 Å². The van der Waals surface area contributed by atoms with Crippen molar-refractivity contribution in [2.24, 2.45) is 0 Å². The van der Waals surface area contributed by atoms with E-state index in [-0.39, 0.29) is 5.56 Å². The minimum atomic E-state index is -0.963. The van der Waals surface area contributed by atoms with Gasteiger partial charge in [0.25, 0.3) is 0 Å². The maximum Gasteiger partial charge on any atom is 0.336 e. The maximum atomic E-state index is 10.6. The van der Waals surface area contributed by atoms with Crippen LogP contribution in [0.2, 0.25) is 0 Å². The molecule has 0 saturated carbocycles. The average Bonchev–Trinajstić information content (AvgIpc) is 2.21. The van der Waals surface area contributed by atoms with Crippen LogP contribution in [0, 0.1) is 0 Å². The fourth-order valence-electron chi connectivity index (χ4n) is 0.716. The van der Waals surface area contributed by atoms with Crippen molar-refractivity contribution in [1.29, 1.82) is 0 Å². The van der Waals surface area contributed by atoms with Gasteiger partial charge in [-0.3, -0.25) is 0 Å². The number of carboxylic acids is 1. The van der Waals surface area contributed by atoms with Crippen LogP contribution in [0.5, 0.6) is 0 Å². The fraction of sp³-hybridized carbons (Fsp3) is 0.222. The first-order chi connectivity index (χ1) is 6.65. The number of benzene rings is 1. The van der Waals surface area contributed by atoms with Crippen molar-refractivity contribution in [3.05, 3.63) is 28.2 Å². The van der Waals surface area contributed by atoms with E-state index < -0.39 is 5.97 Å². The van der Waals surface area contributed by atoms with E-state index in [4.69, 9.17) is 15.8 Å². The molecule has 1 N–H and O–H groups in total. The van der Waals surface area contributed by atoms with Crippen LogP contribution in [0.25, 0.3) is 0 Å². The lowest BCUT2D eigenvalue weighted by atomic mass is 10.2. The molecule has 0 aliphatic carbocycles. The number of hydrogen-bond acceptors (Lipinski definition) is 2. The Labute approximate surface area is 100 Å². The zero-order chi connectivity index (χ0) is 11.1. The molecule has 0 saturated heterocycles. The van der Waals surface area contributed by atoms with Crippen molar-refractivity contribution in [2.45, 2.75) is 18.7 Å². The number of rotatable bonds is 2. The average molecular weight is 298 g/mol. The first kappa shape index (κ1) is 13.8. The number of halogens is 2. The molecule has 1 rings (SSSR count). The van der Waals surface area contributed by atoms with Gasteiger partial charge in [-0.2, -0.15) is 0 Å². The van der Waals surface area contributed by atoms with E-state index in [0.29, 0.717) is 4.47 Å². The molecule has 78 valence electrons. The maximum absolute atomic E-state index is 10.6. The third kappa shape index (κ3) is 3.90. The van der Waals surface area contributed by atoms with Gasteiger partial charge in [0.2, 0.25) is 0 Å². The molecule has 14 heavy (non-hydrogen) atoms. The lowest BCUT2D eigenvalue weighted by Gasteiger charge is -1.99. The molecule has 1 aromatic rings. The molecule has 0 aromatic heterocycles. The Morgan fingerprint density at radius 2 is 2.07 bits per heavy atom. The molecule has 0 atom stereocenters. The molecule has 0 radical (unpaired) electrons. The van der Waals surface area contributed by atoms with Gasteiger partial charge in [0, 0.05) is 9.37 Å². The summed E-state index contributed by atoms with van der Waals surface area (Å²) in [7, 11) is 6.46. The van der Waals surface area contributed by atoms with E-state index >= 15 is 0 Å².